The van der Waals surface area contributed by atoms with E-state index in [2.05, 4.69) is 5.32 Å². The summed E-state index contributed by atoms with van der Waals surface area (Å²) in [5.41, 5.74) is 0.479. The van der Waals surface area contributed by atoms with Gasteiger partial charge in [-0.15, -0.1) is 0 Å². The fraction of sp³-hybridized carbons (Fsp3) is 0.500. The number of phenolic OH excluding ortho intramolecular Hbond substituents is 1. The molecule has 1 heterocycles. The Kier molecular flexibility index (Phi) is 3.66. The number of nitrogens with one attached hydrogen (secondary N) is 1. The number of nitro benzene ring substituents is 1. The van der Waals surface area contributed by atoms with Crippen LogP contribution in [0.1, 0.15) is 30.9 Å². The van der Waals surface area contributed by atoms with Gasteiger partial charge in [-0.3, -0.25) is 10.1 Å². The highest BCUT2D eigenvalue weighted by Gasteiger charge is 2.24. The summed E-state index contributed by atoms with van der Waals surface area (Å²) in [6.45, 7) is 0.904. The first-order chi connectivity index (χ1) is 8.63. The second-order valence-corrected chi connectivity index (χ2v) is 4.35. The Balaban J connectivity index is 2.41. The van der Waals surface area contributed by atoms with Crippen molar-refractivity contribution in [2.75, 3.05) is 13.7 Å². The minimum absolute atomic E-state index is 0.0898. The van der Waals surface area contributed by atoms with Gasteiger partial charge in [-0.05, 0) is 31.0 Å². The molecule has 6 heteroatoms. The fourth-order valence-electron chi connectivity index (χ4n) is 2.25. The van der Waals surface area contributed by atoms with E-state index in [0.717, 1.165) is 31.4 Å². The molecule has 6 nitrogen and oxygen atoms in total. The molecule has 1 aliphatic rings. The Labute approximate surface area is 105 Å². The lowest BCUT2D eigenvalue weighted by molar-refractivity contribution is -0.386. The van der Waals surface area contributed by atoms with Crippen LogP contribution in [0.15, 0.2) is 12.1 Å². The topological polar surface area (TPSA) is 84.6 Å². The Morgan fingerprint density at radius 2 is 2.28 bits per heavy atom. The summed E-state index contributed by atoms with van der Waals surface area (Å²) >= 11 is 0. The Morgan fingerprint density at radius 3 is 2.83 bits per heavy atom. The van der Waals surface area contributed by atoms with Crippen LogP contribution in [0.25, 0.3) is 0 Å². The van der Waals surface area contributed by atoms with Crippen molar-refractivity contribution in [2.24, 2.45) is 0 Å². The van der Waals surface area contributed by atoms with Gasteiger partial charge >= 0.3 is 5.69 Å². The van der Waals surface area contributed by atoms with E-state index in [1.54, 1.807) is 6.07 Å². The molecule has 1 saturated heterocycles. The second-order valence-electron chi connectivity index (χ2n) is 4.35. The predicted octanol–water partition coefficient (Wildman–Crippen LogP) is 2.12. The minimum atomic E-state index is -0.593. The van der Waals surface area contributed by atoms with Crippen molar-refractivity contribution in [3.05, 3.63) is 27.8 Å². The normalized spacial score (nSPS) is 19.5. The smallest absolute Gasteiger partial charge is 0.314 e. The zero-order chi connectivity index (χ0) is 13.1. The van der Waals surface area contributed by atoms with Crippen LogP contribution in [-0.4, -0.2) is 23.7 Å². The molecule has 0 bridgehead atoms. The van der Waals surface area contributed by atoms with Crippen LogP contribution >= 0.6 is 0 Å². The molecule has 1 aromatic carbocycles. The van der Waals surface area contributed by atoms with Crippen molar-refractivity contribution in [3.8, 4) is 11.5 Å². The average Bonchev–Trinajstić information content (AvgIpc) is 2.39. The van der Waals surface area contributed by atoms with E-state index in [1.807, 2.05) is 0 Å². The zero-order valence-electron chi connectivity index (χ0n) is 10.2. The highest BCUT2D eigenvalue weighted by molar-refractivity contribution is 5.57. The Morgan fingerprint density at radius 1 is 1.50 bits per heavy atom. The summed E-state index contributed by atoms with van der Waals surface area (Å²) in [6, 6.07) is 3.17. The first-order valence-electron chi connectivity index (χ1n) is 5.92. The number of hydrogen-bond acceptors (Lipinski definition) is 5. The third kappa shape index (κ3) is 2.38. The molecule has 0 aromatic heterocycles. The average molecular weight is 252 g/mol. The Hall–Kier alpha value is -1.82. The van der Waals surface area contributed by atoms with Gasteiger partial charge in [0.2, 0.25) is 5.75 Å². The molecule has 0 unspecified atom stereocenters. The van der Waals surface area contributed by atoms with Crippen molar-refractivity contribution < 1.29 is 14.8 Å². The molecular weight excluding hydrogens is 236 g/mol. The molecule has 1 fully saturated rings. The van der Waals surface area contributed by atoms with E-state index in [4.69, 9.17) is 4.74 Å². The number of hydrogen-bond donors (Lipinski definition) is 2. The van der Waals surface area contributed by atoms with Crippen molar-refractivity contribution >= 4 is 5.69 Å². The van der Waals surface area contributed by atoms with Crippen LogP contribution < -0.4 is 10.1 Å². The maximum Gasteiger partial charge on any atom is 0.314 e. The number of aromatic hydroxyl groups is 1. The summed E-state index contributed by atoms with van der Waals surface area (Å²) in [4.78, 5) is 10.3. The van der Waals surface area contributed by atoms with Gasteiger partial charge in [0.05, 0.1) is 12.0 Å². The van der Waals surface area contributed by atoms with Gasteiger partial charge in [0, 0.05) is 12.1 Å². The predicted molar refractivity (Wildman–Crippen MR) is 65.9 cm³/mol. The van der Waals surface area contributed by atoms with Gasteiger partial charge in [-0.25, -0.2) is 0 Å². The Bertz CT molecular complexity index is 456. The van der Waals surface area contributed by atoms with Gasteiger partial charge < -0.3 is 15.2 Å². The van der Waals surface area contributed by atoms with Crippen molar-refractivity contribution in [2.45, 2.75) is 25.3 Å². The maximum atomic E-state index is 10.9. The quantitative estimate of drug-likeness (QED) is 0.635. The second kappa shape index (κ2) is 5.22. The summed E-state index contributed by atoms with van der Waals surface area (Å²) in [5.74, 6) is -0.270. The standard InChI is InChI=1S/C12H16N2O4/c1-18-11-7-8(9-4-2-3-5-13-9)6-10(12(11)15)14(16)17/h6-7,9,13,15H,2-5H2,1H3/t9-/m1/s1. The summed E-state index contributed by atoms with van der Waals surface area (Å²) < 4.78 is 4.99. The van der Waals surface area contributed by atoms with Crippen molar-refractivity contribution in [1.82, 2.24) is 5.32 Å². The van der Waals surface area contributed by atoms with Crippen LogP contribution in [-0.2, 0) is 0 Å². The van der Waals surface area contributed by atoms with E-state index in [1.165, 1.54) is 13.2 Å². The largest absolute Gasteiger partial charge is 0.500 e. The number of nitrogens with zero attached hydrogens (tertiary/aromatic N) is 1. The molecule has 0 amide bonds. The van der Waals surface area contributed by atoms with E-state index < -0.39 is 10.7 Å². The van der Waals surface area contributed by atoms with Crippen LogP contribution in [0, 0.1) is 10.1 Å². The van der Waals surface area contributed by atoms with E-state index in [0.29, 0.717) is 0 Å². The van der Waals surface area contributed by atoms with Gasteiger partial charge in [0.1, 0.15) is 0 Å². The minimum Gasteiger partial charge on any atom is -0.500 e. The lowest BCUT2D eigenvalue weighted by Crippen LogP contribution is -2.26. The third-order valence-electron chi connectivity index (χ3n) is 3.21. The first-order valence-corrected chi connectivity index (χ1v) is 5.92. The summed E-state index contributed by atoms with van der Waals surface area (Å²) in [6.07, 6.45) is 3.15. The molecule has 98 valence electrons. The summed E-state index contributed by atoms with van der Waals surface area (Å²) in [7, 11) is 1.39. The lowest BCUT2D eigenvalue weighted by atomic mass is 9.96. The molecule has 2 N–H and O–H groups in total. The van der Waals surface area contributed by atoms with Crippen LogP contribution in [0.4, 0.5) is 5.69 Å². The molecule has 2 rings (SSSR count). The van der Waals surface area contributed by atoms with E-state index in [9.17, 15) is 15.2 Å². The molecule has 1 atom stereocenters. The van der Waals surface area contributed by atoms with Crippen molar-refractivity contribution in [1.29, 1.82) is 0 Å². The van der Waals surface area contributed by atoms with Crippen LogP contribution in [0.5, 0.6) is 11.5 Å². The van der Waals surface area contributed by atoms with Gasteiger partial charge in [0.25, 0.3) is 0 Å². The molecule has 18 heavy (non-hydrogen) atoms. The SMILES string of the molecule is COc1cc([C@H]2CCCCN2)cc([N+](=O)[O-])c1O. The highest BCUT2D eigenvalue weighted by atomic mass is 16.6. The highest BCUT2D eigenvalue weighted by Crippen LogP contribution is 2.39. The van der Waals surface area contributed by atoms with Gasteiger partial charge in [-0.1, -0.05) is 6.42 Å². The molecule has 1 aromatic rings. The summed E-state index contributed by atoms with van der Waals surface area (Å²) in [5, 5.41) is 23.9. The van der Waals surface area contributed by atoms with Gasteiger partial charge in [0.15, 0.2) is 5.75 Å². The number of rotatable bonds is 3. The van der Waals surface area contributed by atoms with E-state index in [-0.39, 0.29) is 17.5 Å². The molecule has 0 aliphatic carbocycles. The van der Waals surface area contributed by atoms with Crippen molar-refractivity contribution in [3.63, 3.8) is 0 Å². The van der Waals surface area contributed by atoms with Gasteiger partial charge in [-0.2, -0.15) is 0 Å². The maximum absolute atomic E-state index is 10.9. The zero-order valence-corrected chi connectivity index (χ0v) is 10.2. The third-order valence-corrected chi connectivity index (χ3v) is 3.21. The fourth-order valence-corrected chi connectivity index (χ4v) is 2.25. The molecule has 0 spiro atoms. The molecule has 0 radical (unpaired) electrons. The number of ether oxygens (including phenoxy) is 1. The molecular formula is C12H16N2O4. The number of phenols is 1. The van der Waals surface area contributed by atoms with E-state index >= 15 is 0 Å². The number of benzene rings is 1. The molecule has 0 saturated carbocycles. The number of nitro groups is 1. The van der Waals surface area contributed by atoms with Crippen LogP contribution in [0.3, 0.4) is 0 Å². The van der Waals surface area contributed by atoms with Crippen LogP contribution in [0.2, 0.25) is 0 Å². The number of methoxy groups -OCH3 is 1. The first kappa shape index (κ1) is 12.6. The number of piperidine rings is 1. The monoisotopic (exact) mass is 252 g/mol. The molecule has 1 aliphatic heterocycles. The lowest BCUT2D eigenvalue weighted by Gasteiger charge is -2.24.